The summed E-state index contributed by atoms with van der Waals surface area (Å²) in [6.07, 6.45) is 2.80. The van der Waals surface area contributed by atoms with E-state index in [1.165, 1.54) is 49.5 Å². The van der Waals surface area contributed by atoms with Crippen LogP contribution in [0.15, 0.2) is 72.8 Å². The molecular formula is C31H38FN3O6S. The Hall–Kier alpha value is -4.12. The number of halogens is 1. The molecule has 0 heterocycles. The molecule has 0 unspecified atom stereocenters. The Balaban J connectivity index is 2.08. The van der Waals surface area contributed by atoms with Crippen molar-refractivity contribution in [2.24, 2.45) is 0 Å². The van der Waals surface area contributed by atoms with Crippen LogP contribution in [0.4, 0.5) is 10.1 Å². The van der Waals surface area contributed by atoms with E-state index in [9.17, 15) is 22.4 Å². The zero-order valence-electron chi connectivity index (χ0n) is 24.4. The Morgan fingerprint density at radius 1 is 0.952 bits per heavy atom. The third-order valence-electron chi connectivity index (χ3n) is 6.70. The van der Waals surface area contributed by atoms with Crippen molar-refractivity contribution < 1.29 is 31.9 Å². The normalized spacial score (nSPS) is 11.8. The highest BCUT2D eigenvalue weighted by molar-refractivity contribution is 7.92. The number of carbonyl (C=O) groups excluding carboxylic acids is 2. The van der Waals surface area contributed by atoms with E-state index >= 15 is 0 Å². The summed E-state index contributed by atoms with van der Waals surface area (Å²) in [4.78, 5) is 29.1. The lowest BCUT2D eigenvalue weighted by molar-refractivity contribution is -0.140. The summed E-state index contributed by atoms with van der Waals surface area (Å²) >= 11 is 0. The second-order valence-corrected chi connectivity index (χ2v) is 11.7. The molecule has 0 aliphatic carbocycles. The van der Waals surface area contributed by atoms with Gasteiger partial charge >= 0.3 is 0 Å². The van der Waals surface area contributed by atoms with E-state index < -0.39 is 34.3 Å². The van der Waals surface area contributed by atoms with Gasteiger partial charge in [0.15, 0.2) is 0 Å². The van der Waals surface area contributed by atoms with Gasteiger partial charge in [-0.2, -0.15) is 0 Å². The number of nitrogens with one attached hydrogen (secondary N) is 1. The molecule has 0 aliphatic heterocycles. The maximum Gasteiger partial charge on any atom is 0.244 e. The number of unbranched alkanes of at least 4 members (excludes halogenated alkanes) is 1. The van der Waals surface area contributed by atoms with Gasteiger partial charge in [0.25, 0.3) is 0 Å². The highest BCUT2D eigenvalue weighted by Crippen LogP contribution is 2.34. The molecule has 3 rings (SSSR count). The SMILES string of the molecule is CCCCNC(=O)[C@H](Cc1ccccc1)N(Cc1ccc(F)cc1)C(=O)CN(c1cc(OC)ccc1OC)S(C)(=O)=O. The van der Waals surface area contributed by atoms with Gasteiger partial charge in [-0.15, -0.1) is 0 Å². The molecule has 11 heteroatoms. The number of amides is 2. The first-order valence-electron chi connectivity index (χ1n) is 13.6. The van der Waals surface area contributed by atoms with Gasteiger partial charge in [-0.05, 0) is 41.8 Å². The van der Waals surface area contributed by atoms with Crippen molar-refractivity contribution in [3.8, 4) is 11.5 Å². The minimum Gasteiger partial charge on any atom is -0.497 e. The van der Waals surface area contributed by atoms with Crippen molar-refractivity contribution in [2.75, 3.05) is 37.9 Å². The number of ether oxygens (including phenoxy) is 2. The fourth-order valence-corrected chi connectivity index (χ4v) is 5.28. The number of nitrogens with zero attached hydrogens (tertiary/aromatic N) is 2. The first kappa shape index (κ1) is 32.4. The molecule has 0 fully saturated rings. The lowest BCUT2D eigenvalue weighted by Crippen LogP contribution is -2.53. The first-order valence-corrected chi connectivity index (χ1v) is 15.5. The van der Waals surface area contributed by atoms with Crippen molar-refractivity contribution in [1.82, 2.24) is 10.2 Å². The molecule has 0 bridgehead atoms. The van der Waals surface area contributed by atoms with Crippen LogP contribution in [0.5, 0.6) is 11.5 Å². The molecule has 0 aliphatic rings. The van der Waals surface area contributed by atoms with Crippen molar-refractivity contribution in [3.05, 3.63) is 89.7 Å². The summed E-state index contributed by atoms with van der Waals surface area (Å²) in [5.74, 6) is -0.846. The summed E-state index contributed by atoms with van der Waals surface area (Å²) in [5.41, 5.74) is 1.51. The predicted molar refractivity (Wildman–Crippen MR) is 161 cm³/mol. The van der Waals surface area contributed by atoms with Gasteiger partial charge in [-0.3, -0.25) is 13.9 Å². The fraction of sp³-hybridized carbons (Fsp3) is 0.355. The van der Waals surface area contributed by atoms with E-state index in [2.05, 4.69) is 5.32 Å². The Kier molecular flexibility index (Phi) is 11.7. The zero-order chi connectivity index (χ0) is 30.7. The molecule has 0 saturated carbocycles. The quantitative estimate of drug-likeness (QED) is 0.263. The molecule has 1 N–H and O–H groups in total. The van der Waals surface area contributed by atoms with Gasteiger partial charge in [0.05, 0.1) is 26.2 Å². The molecule has 9 nitrogen and oxygen atoms in total. The Morgan fingerprint density at radius 2 is 1.64 bits per heavy atom. The molecule has 0 saturated heterocycles. The minimum absolute atomic E-state index is 0.0509. The van der Waals surface area contributed by atoms with Crippen LogP contribution in [-0.4, -0.2) is 64.7 Å². The van der Waals surface area contributed by atoms with E-state index in [0.717, 1.165) is 29.0 Å². The molecule has 2 amide bonds. The van der Waals surface area contributed by atoms with Gasteiger partial charge < -0.3 is 19.7 Å². The second-order valence-electron chi connectivity index (χ2n) is 9.81. The molecule has 0 aromatic heterocycles. The Labute approximate surface area is 247 Å². The van der Waals surface area contributed by atoms with Gasteiger partial charge in [0, 0.05) is 25.6 Å². The van der Waals surface area contributed by atoms with Crippen LogP contribution in [-0.2, 0) is 32.6 Å². The van der Waals surface area contributed by atoms with Crippen molar-refractivity contribution in [2.45, 2.75) is 38.8 Å². The lowest BCUT2D eigenvalue weighted by Gasteiger charge is -2.33. The standard InChI is InChI=1S/C31H38FN3O6S/c1-5-6-18-33-31(37)28(19-23-10-8-7-9-11-23)34(21-24-12-14-25(32)15-13-24)30(36)22-35(42(4,38)39)27-20-26(40-2)16-17-29(27)41-3/h7-17,20,28H,5-6,18-19,21-22H2,1-4H3,(H,33,37)/t28-/m0/s1. The number of anilines is 1. The van der Waals surface area contributed by atoms with E-state index in [0.29, 0.717) is 17.9 Å². The van der Waals surface area contributed by atoms with E-state index in [-0.39, 0.29) is 30.3 Å². The zero-order valence-corrected chi connectivity index (χ0v) is 25.2. The summed E-state index contributed by atoms with van der Waals surface area (Å²) in [6, 6.07) is 18.5. The monoisotopic (exact) mass is 599 g/mol. The number of rotatable bonds is 15. The van der Waals surface area contributed by atoms with Gasteiger partial charge in [-0.1, -0.05) is 55.8 Å². The third-order valence-corrected chi connectivity index (χ3v) is 7.83. The number of hydrogen-bond donors (Lipinski definition) is 1. The highest BCUT2D eigenvalue weighted by Gasteiger charge is 2.33. The fourth-order valence-electron chi connectivity index (χ4n) is 4.43. The predicted octanol–water partition coefficient (Wildman–Crippen LogP) is 4.17. The minimum atomic E-state index is -4.00. The van der Waals surface area contributed by atoms with Crippen molar-refractivity contribution in [3.63, 3.8) is 0 Å². The van der Waals surface area contributed by atoms with Crippen molar-refractivity contribution in [1.29, 1.82) is 0 Å². The molecular weight excluding hydrogens is 561 g/mol. The van der Waals surface area contributed by atoms with E-state index in [4.69, 9.17) is 9.47 Å². The maximum absolute atomic E-state index is 14.2. The van der Waals surface area contributed by atoms with Crippen LogP contribution in [0.2, 0.25) is 0 Å². The van der Waals surface area contributed by atoms with Crippen LogP contribution < -0.4 is 19.1 Å². The average molecular weight is 600 g/mol. The summed E-state index contributed by atoms with van der Waals surface area (Å²) in [5, 5.41) is 2.92. The topological polar surface area (TPSA) is 105 Å². The summed E-state index contributed by atoms with van der Waals surface area (Å²) < 4.78 is 51.5. The average Bonchev–Trinajstić information content (AvgIpc) is 2.98. The summed E-state index contributed by atoms with van der Waals surface area (Å²) in [7, 11) is -1.17. The van der Waals surface area contributed by atoms with Gasteiger partial charge in [0.2, 0.25) is 21.8 Å². The molecule has 1 atom stereocenters. The smallest absolute Gasteiger partial charge is 0.244 e. The van der Waals surface area contributed by atoms with E-state index in [1.807, 2.05) is 37.3 Å². The number of hydrogen-bond acceptors (Lipinski definition) is 6. The highest BCUT2D eigenvalue weighted by atomic mass is 32.2. The number of carbonyl (C=O) groups is 2. The Morgan fingerprint density at radius 3 is 2.24 bits per heavy atom. The number of benzene rings is 3. The van der Waals surface area contributed by atoms with Crippen LogP contribution in [0.1, 0.15) is 30.9 Å². The molecule has 3 aromatic carbocycles. The van der Waals surface area contributed by atoms with E-state index in [1.54, 1.807) is 12.1 Å². The third kappa shape index (κ3) is 8.94. The molecule has 3 aromatic rings. The van der Waals surface area contributed by atoms with Crippen molar-refractivity contribution >= 4 is 27.5 Å². The van der Waals surface area contributed by atoms with Gasteiger partial charge in [0.1, 0.15) is 29.9 Å². The second kappa shape index (κ2) is 15.2. The van der Waals surface area contributed by atoms with Crippen LogP contribution >= 0.6 is 0 Å². The lowest BCUT2D eigenvalue weighted by atomic mass is 10.0. The largest absolute Gasteiger partial charge is 0.497 e. The summed E-state index contributed by atoms with van der Waals surface area (Å²) in [6.45, 7) is 1.77. The number of sulfonamides is 1. The molecule has 0 radical (unpaired) electrons. The number of methoxy groups -OCH3 is 2. The molecule has 226 valence electrons. The van der Waals surface area contributed by atoms with Gasteiger partial charge in [-0.25, -0.2) is 12.8 Å². The van der Waals surface area contributed by atoms with Crippen LogP contribution in [0.3, 0.4) is 0 Å². The molecule has 0 spiro atoms. The Bertz CT molecular complexity index is 1430. The maximum atomic E-state index is 14.2. The van der Waals surface area contributed by atoms with Crippen LogP contribution in [0.25, 0.3) is 0 Å². The van der Waals surface area contributed by atoms with Crippen LogP contribution in [0, 0.1) is 5.82 Å². The molecule has 42 heavy (non-hydrogen) atoms. The first-order chi connectivity index (χ1) is 20.1.